The SMILES string of the molecule is Brc1ccc2c(-c3ccc4ccccc4c3)c3ccccc3c(-c3ccc4ccccc4c3)c2c1.CC1(C)OB(c2ccc3c4ccccc4n4c5ccccc5nc4c3c2)OC1(C)C.c1ccc2cc(-c3c4ccccc4c(-c4ccc5ccccc5c4)c4cc(-c5ccc6c7ccccc7n7c8ccccc8nc7c6c5)ccc34)ccc2c1. The van der Waals surface area contributed by atoms with Gasteiger partial charge < -0.3 is 9.31 Å². The number of halogens is 1. The van der Waals surface area contributed by atoms with Crippen molar-refractivity contribution < 1.29 is 9.31 Å². The molecule has 0 atom stereocenters. The third-order valence-electron chi connectivity index (χ3n) is 25.6. The van der Waals surface area contributed by atoms with Crippen LogP contribution >= 0.6 is 15.9 Å². The molecular weight excluding hydrogens is 1520 g/mol. The molecule has 0 bridgehead atoms. The summed E-state index contributed by atoms with van der Waals surface area (Å²) in [4.78, 5) is 10.2. The molecule has 0 amide bonds. The summed E-state index contributed by atoms with van der Waals surface area (Å²) in [5.41, 5.74) is 21.2. The summed E-state index contributed by atoms with van der Waals surface area (Å²) in [5, 5.41) is 27.2. The zero-order chi connectivity index (χ0) is 80.1. The Bertz CT molecular complexity index is 8410. The van der Waals surface area contributed by atoms with Crippen molar-refractivity contribution >= 4 is 191 Å². The molecule has 1 fully saturated rings. The van der Waals surface area contributed by atoms with Gasteiger partial charge in [0, 0.05) is 26.0 Å². The van der Waals surface area contributed by atoms with E-state index < -0.39 is 7.12 Å². The Kier molecular flexibility index (Phi) is 16.6. The molecule has 0 radical (unpaired) electrons. The average Bonchev–Trinajstić information content (AvgIpc) is 1.47. The van der Waals surface area contributed by atoms with Crippen LogP contribution in [0.15, 0.2) is 393 Å². The predicted octanol–water partition coefficient (Wildman–Crippen LogP) is 29.9. The van der Waals surface area contributed by atoms with Crippen molar-refractivity contribution in [2.24, 2.45) is 0 Å². The fourth-order valence-corrected chi connectivity index (χ4v) is 19.4. The highest BCUT2D eigenvalue weighted by atomic mass is 79.9. The molecule has 0 aliphatic carbocycles. The number of fused-ring (bicyclic) bond motifs is 24. The lowest BCUT2D eigenvalue weighted by atomic mass is 9.78. The van der Waals surface area contributed by atoms with Gasteiger partial charge in [0.15, 0.2) is 0 Å². The first kappa shape index (κ1) is 71.2. The average molecular weight is 1600 g/mol. The Morgan fingerprint density at radius 1 is 0.233 bits per heavy atom. The first-order valence-corrected chi connectivity index (χ1v) is 42.1. The van der Waals surface area contributed by atoms with Crippen LogP contribution in [-0.4, -0.2) is 37.1 Å². The van der Waals surface area contributed by atoms with E-state index in [9.17, 15) is 0 Å². The Balaban J connectivity index is 0.000000112. The van der Waals surface area contributed by atoms with Crippen molar-refractivity contribution in [1.82, 2.24) is 18.8 Å². The van der Waals surface area contributed by atoms with E-state index in [4.69, 9.17) is 19.3 Å². The molecule has 1 aliphatic rings. The second kappa shape index (κ2) is 28.0. The van der Waals surface area contributed by atoms with Gasteiger partial charge >= 0.3 is 7.12 Å². The van der Waals surface area contributed by atoms with E-state index >= 15 is 0 Å². The van der Waals surface area contributed by atoms with Gasteiger partial charge in [0.25, 0.3) is 0 Å². The minimum atomic E-state index is -0.393. The molecule has 4 aromatic heterocycles. The van der Waals surface area contributed by atoms with Gasteiger partial charge in [-0.2, -0.15) is 0 Å². The van der Waals surface area contributed by atoms with E-state index in [1.54, 1.807) is 0 Å². The smallest absolute Gasteiger partial charge is 0.399 e. The fraction of sp³-hybridized carbons (Fsp3) is 0.0536. The van der Waals surface area contributed by atoms with Gasteiger partial charge in [-0.3, -0.25) is 8.80 Å². The largest absolute Gasteiger partial charge is 0.494 e. The third kappa shape index (κ3) is 11.7. The summed E-state index contributed by atoms with van der Waals surface area (Å²) in [6.07, 6.45) is 0. The molecule has 0 spiro atoms. The maximum Gasteiger partial charge on any atom is 0.494 e. The van der Waals surface area contributed by atoms with Gasteiger partial charge in [0.05, 0.1) is 44.3 Å². The molecule has 20 aromatic carbocycles. The highest BCUT2D eigenvalue weighted by molar-refractivity contribution is 9.10. The van der Waals surface area contributed by atoms with Crippen LogP contribution in [0.3, 0.4) is 0 Å². The van der Waals surface area contributed by atoms with E-state index in [1.807, 2.05) is 6.07 Å². The first-order valence-electron chi connectivity index (χ1n) is 41.3. The number of nitrogens with zero attached hydrogens (tertiary/aromatic N) is 4. The van der Waals surface area contributed by atoms with Gasteiger partial charge in [-0.1, -0.05) is 319 Å². The quantitative estimate of drug-likeness (QED) is 0.0946. The van der Waals surface area contributed by atoms with Crippen LogP contribution in [0.4, 0.5) is 0 Å². The molecule has 120 heavy (non-hydrogen) atoms. The van der Waals surface area contributed by atoms with Crippen LogP contribution in [0.5, 0.6) is 0 Å². The van der Waals surface area contributed by atoms with Gasteiger partial charge in [-0.25, -0.2) is 9.97 Å². The summed E-state index contributed by atoms with van der Waals surface area (Å²) in [6.45, 7) is 8.34. The second-order valence-corrected chi connectivity index (χ2v) is 33.9. The van der Waals surface area contributed by atoms with Gasteiger partial charge in [0.2, 0.25) is 0 Å². The van der Waals surface area contributed by atoms with Crippen molar-refractivity contribution in [3.63, 3.8) is 0 Å². The van der Waals surface area contributed by atoms with Crippen molar-refractivity contribution in [1.29, 1.82) is 0 Å². The number of pyridine rings is 2. The number of benzene rings is 20. The van der Waals surface area contributed by atoms with Crippen molar-refractivity contribution in [2.45, 2.75) is 38.9 Å². The normalized spacial score (nSPS) is 13.4. The second-order valence-electron chi connectivity index (χ2n) is 33.0. The minimum absolute atomic E-state index is 0.368. The van der Waals surface area contributed by atoms with E-state index in [2.05, 4.69) is 435 Å². The van der Waals surface area contributed by atoms with E-state index in [-0.39, 0.29) is 11.2 Å². The minimum Gasteiger partial charge on any atom is -0.399 e. The van der Waals surface area contributed by atoms with E-state index in [1.165, 1.54) is 169 Å². The molecule has 0 saturated carbocycles. The van der Waals surface area contributed by atoms with Crippen LogP contribution in [0.25, 0.3) is 219 Å². The molecule has 1 saturated heterocycles. The van der Waals surface area contributed by atoms with Crippen LogP contribution < -0.4 is 5.46 Å². The maximum atomic E-state index is 6.31. The van der Waals surface area contributed by atoms with Gasteiger partial charge in [-0.15, -0.1) is 0 Å². The summed E-state index contributed by atoms with van der Waals surface area (Å²) < 4.78 is 18.3. The summed E-state index contributed by atoms with van der Waals surface area (Å²) in [5.74, 6) is 0. The Labute approximate surface area is 701 Å². The summed E-state index contributed by atoms with van der Waals surface area (Å²) >= 11 is 3.76. The van der Waals surface area contributed by atoms with Crippen molar-refractivity contribution in [2.75, 3.05) is 0 Å². The van der Waals surface area contributed by atoms with E-state index in [0.717, 1.165) is 59.6 Å². The van der Waals surface area contributed by atoms with Gasteiger partial charge in [0.1, 0.15) is 11.3 Å². The number of imidazole rings is 2. The monoisotopic (exact) mass is 1600 g/mol. The van der Waals surface area contributed by atoms with Crippen molar-refractivity contribution in [3.05, 3.63) is 393 Å². The van der Waals surface area contributed by atoms with Crippen molar-refractivity contribution in [3.8, 4) is 55.6 Å². The van der Waals surface area contributed by atoms with Crippen LogP contribution in [0.1, 0.15) is 27.7 Å². The lowest BCUT2D eigenvalue weighted by Crippen LogP contribution is -2.41. The summed E-state index contributed by atoms with van der Waals surface area (Å²) in [7, 11) is -0.393. The highest BCUT2D eigenvalue weighted by Gasteiger charge is 2.52. The van der Waals surface area contributed by atoms with Crippen LogP contribution in [0.2, 0.25) is 0 Å². The fourth-order valence-electron chi connectivity index (χ4n) is 19.1. The number of hydrogen-bond donors (Lipinski definition) is 0. The molecule has 0 N–H and O–H groups in total. The molecule has 6 nitrogen and oxygen atoms in total. The molecule has 25 rings (SSSR count). The molecular formula is C112H76BBrN4O2. The number of para-hydroxylation sites is 6. The van der Waals surface area contributed by atoms with Gasteiger partial charge in [-0.05, 0) is 271 Å². The zero-order valence-electron chi connectivity index (χ0n) is 66.5. The Morgan fingerprint density at radius 2 is 0.525 bits per heavy atom. The number of rotatable bonds is 6. The number of hydrogen-bond acceptors (Lipinski definition) is 4. The molecule has 8 heteroatoms. The topological polar surface area (TPSA) is 53.1 Å². The lowest BCUT2D eigenvalue weighted by Gasteiger charge is -2.32. The zero-order valence-corrected chi connectivity index (χ0v) is 68.1. The third-order valence-corrected chi connectivity index (χ3v) is 26.1. The Morgan fingerprint density at radius 3 is 0.942 bits per heavy atom. The van der Waals surface area contributed by atoms with Crippen LogP contribution in [-0.2, 0) is 9.31 Å². The first-order chi connectivity index (χ1) is 58.9. The van der Waals surface area contributed by atoms with E-state index in [0.29, 0.717) is 0 Å². The van der Waals surface area contributed by atoms with Crippen LogP contribution in [0, 0.1) is 0 Å². The molecule has 5 heterocycles. The molecule has 1 aliphatic heterocycles. The molecule has 24 aromatic rings. The standard InChI is InChI=1S/C53H32N2.C34H21Br.C25H23BN2O2/c1-3-13-35-29-39(23-21-33(35)11-1)51-43-16-5-6-17-44(43)52(40-24-22-34-12-2-4-14-36(34)30-40)46-31-37(26-28-45(46)51)38-25-27-41-42-15-7-9-19-49(42)55-50-20-10-8-18-48(50)54-53(55)47(41)32-38;35-28-17-18-31-32(21-28)34(27-16-14-23-8-2-4-10-25(23)20-27)30-12-6-5-11-29(30)33(31)26-15-13-22-7-1-3-9-24(22)19-26;1-24(2)25(3,4)30-26(29-24)16-13-14-17-18-9-5-7-11-21(18)28-22-12-8-6-10-20(22)27-23(28)19(17)15-16/h1-32H;1-21H;5-15H,1-4H3. The number of aromatic nitrogens is 4. The predicted molar refractivity (Wildman–Crippen MR) is 513 cm³/mol. The molecule has 0 unspecified atom stereocenters. The highest BCUT2D eigenvalue weighted by Crippen LogP contribution is 2.49. The Hall–Kier alpha value is -14.1. The summed E-state index contributed by atoms with van der Waals surface area (Å²) in [6, 6.07) is 141. The molecule has 566 valence electrons. The maximum absolute atomic E-state index is 6.31. The lowest BCUT2D eigenvalue weighted by molar-refractivity contribution is 0.00578.